The predicted octanol–water partition coefficient (Wildman–Crippen LogP) is 3.31. The van der Waals surface area contributed by atoms with Gasteiger partial charge >= 0.3 is 0 Å². The summed E-state index contributed by atoms with van der Waals surface area (Å²) >= 11 is 1.58. The minimum atomic E-state index is -0.117. The number of rotatable bonds is 6. The Labute approximate surface area is 95.5 Å². The number of halogens is 1. The smallest absolute Gasteiger partial charge is 0.136 e. The van der Waals surface area contributed by atoms with Crippen LogP contribution in [0.15, 0.2) is 29.2 Å². The van der Waals surface area contributed by atoms with E-state index in [0.29, 0.717) is 6.04 Å². The first-order valence-electron chi connectivity index (χ1n) is 5.38. The summed E-state index contributed by atoms with van der Waals surface area (Å²) in [5.41, 5.74) is 0. The van der Waals surface area contributed by atoms with E-state index >= 15 is 0 Å². The second-order valence-corrected chi connectivity index (χ2v) is 4.47. The van der Waals surface area contributed by atoms with Crippen molar-refractivity contribution >= 4 is 11.8 Å². The maximum absolute atomic E-state index is 13.3. The Morgan fingerprint density at radius 2 is 2.07 bits per heavy atom. The zero-order chi connectivity index (χ0) is 11.1. The van der Waals surface area contributed by atoms with Crippen molar-refractivity contribution in [3.63, 3.8) is 0 Å². The first-order valence-corrected chi connectivity index (χ1v) is 6.37. The van der Waals surface area contributed by atoms with Crippen LogP contribution in [0.2, 0.25) is 0 Å². The molecule has 0 aromatic heterocycles. The maximum Gasteiger partial charge on any atom is 0.136 e. The molecule has 1 aromatic carbocycles. The van der Waals surface area contributed by atoms with Crippen LogP contribution in [-0.2, 0) is 0 Å². The molecule has 0 aliphatic carbocycles. The summed E-state index contributed by atoms with van der Waals surface area (Å²) in [6.07, 6.45) is 1.08. The fourth-order valence-electron chi connectivity index (χ4n) is 1.36. The van der Waals surface area contributed by atoms with Crippen molar-refractivity contribution in [2.24, 2.45) is 0 Å². The van der Waals surface area contributed by atoms with Crippen LogP contribution in [0, 0.1) is 5.82 Å². The Morgan fingerprint density at radius 3 is 2.67 bits per heavy atom. The minimum absolute atomic E-state index is 0.117. The van der Waals surface area contributed by atoms with E-state index in [2.05, 4.69) is 19.2 Å². The Hall–Kier alpha value is -0.540. The minimum Gasteiger partial charge on any atom is -0.313 e. The van der Waals surface area contributed by atoms with E-state index in [-0.39, 0.29) is 5.82 Å². The molecule has 0 saturated carbocycles. The molecule has 1 aromatic rings. The molecule has 1 N–H and O–H groups in total. The molecule has 0 heterocycles. The van der Waals surface area contributed by atoms with Crippen molar-refractivity contribution in [3.05, 3.63) is 30.1 Å². The molecule has 0 aliphatic rings. The largest absolute Gasteiger partial charge is 0.313 e. The molecule has 0 amide bonds. The van der Waals surface area contributed by atoms with Crippen molar-refractivity contribution in [2.45, 2.75) is 31.2 Å². The summed E-state index contributed by atoms with van der Waals surface area (Å²) in [5.74, 6) is 0.805. The molecule has 1 unspecified atom stereocenters. The van der Waals surface area contributed by atoms with E-state index in [0.717, 1.165) is 23.6 Å². The van der Waals surface area contributed by atoms with Crippen LogP contribution in [0.4, 0.5) is 4.39 Å². The van der Waals surface area contributed by atoms with Crippen LogP contribution in [0.25, 0.3) is 0 Å². The number of hydrogen-bond donors (Lipinski definition) is 1. The molecule has 0 radical (unpaired) electrons. The molecule has 1 rings (SSSR count). The lowest BCUT2D eigenvalue weighted by atomic mass is 10.2. The van der Waals surface area contributed by atoms with Crippen molar-refractivity contribution < 1.29 is 4.39 Å². The summed E-state index contributed by atoms with van der Waals surface area (Å²) in [5, 5.41) is 3.38. The lowest BCUT2D eigenvalue weighted by Gasteiger charge is -2.15. The average molecular weight is 227 g/mol. The van der Waals surface area contributed by atoms with E-state index < -0.39 is 0 Å². The van der Waals surface area contributed by atoms with Crippen molar-refractivity contribution in [1.82, 2.24) is 5.32 Å². The van der Waals surface area contributed by atoms with Crippen molar-refractivity contribution in [1.29, 1.82) is 0 Å². The Bertz CT molecular complexity index is 291. The fourth-order valence-corrected chi connectivity index (χ4v) is 2.48. The number of benzene rings is 1. The number of hydrogen-bond acceptors (Lipinski definition) is 2. The van der Waals surface area contributed by atoms with E-state index in [1.54, 1.807) is 17.8 Å². The van der Waals surface area contributed by atoms with Gasteiger partial charge in [-0.25, -0.2) is 4.39 Å². The van der Waals surface area contributed by atoms with Crippen LogP contribution >= 0.6 is 11.8 Å². The Balaban J connectivity index is 2.45. The molecule has 15 heavy (non-hydrogen) atoms. The SMILES string of the molecule is CCNC(CC)CSc1ccccc1F. The van der Waals surface area contributed by atoms with Gasteiger partial charge in [-0.15, -0.1) is 11.8 Å². The van der Waals surface area contributed by atoms with Gasteiger partial charge in [-0.3, -0.25) is 0 Å². The van der Waals surface area contributed by atoms with Gasteiger partial charge in [0, 0.05) is 16.7 Å². The second kappa shape index (κ2) is 6.85. The third-order valence-corrected chi connectivity index (χ3v) is 3.47. The lowest BCUT2D eigenvalue weighted by molar-refractivity contribution is 0.559. The molecule has 1 atom stereocenters. The quantitative estimate of drug-likeness (QED) is 0.748. The van der Waals surface area contributed by atoms with Gasteiger partial charge in [0.2, 0.25) is 0 Å². The first kappa shape index (κ1) is 12.5. The van der Waals surface area contributed by atoms with Crippen LogP contribution < -0.4 is 5.32 Å². The van der Waals surface area contributed by atoms with Gasteiger partial charge in [0.1, 0.15) is 5.82 Å². The highest BCUT2D eigenvalue weighted by molar-refractivity contribution is 7.99. The highest BCUT2D eigenvalue weighted by atomic mass is 32.2. The lowest BCUT2D eigenvalue weighted by Crippen LogP contribution is -2.30. The van der Waals surface area contributed by atoms with Crippen molar-refractivity contribution in [3.8, 4) is 0 Å². The van der Waals surface area contributed by atoms with Crippen LogP contribution in [0.1, 0.15) is 20.3 Å². The van der Waals surface area contributed by atoms with E-state index in [4.69, 9.17) is 0 Å². The monoisotopic (exact) mass is 227 g/mol. The summed E-state index contributed by atoms with van der Waals surface area (Å²) in [4.78, 5) is 0.744. The van der Waals surface area contributed by atoms with Gasteiger partial charge in [-0.1, -0.05) is 26.0 Å². The molecule has 0 bridgehead atoms. The van der Waals surface area contributed by atoms with Gasteiger partial charge in [0.05, 0.1) is 0 Å². The predicted molar refractivity (Wildman–Crippen MR) is 64.9 cm³/mol. The number of nitrogens with one attached hydrogen (secondary N) is 1. The third-order valence-electron chi connectivity index (χ3n) is 2.26. The van der Waals surface area contributed by atoms with E-state index in [1.807, 2.05) is 12.1 Å². The Kier molecular flexibility index (Phi) is 5.73. The second-order valence-electron chi connectivity index (χ2n) is 3.40. The zero-order valence-corrected chi connectivity index (χ0v) is 10.1. The molecule has 84 valence electrons. The van der Waals surface area contributed by atoms with E-state index in [9.17, 15) is 4.39 Å². The van der Waals surface area contributed by atoms with Crippen molar-refractivity contribution in [2.75, 3.05) is 12.3 Å². The van der Waals surface area contributed by atoms with E-state index in [1.165, 1.54) is 6.07 Å². The Morgan fingerprint density at radius 1 is 1.33 bits per heavy atom. The molecule has 0 fully saturated rings. The van der Waals surface area contributed by atoms with Crippen LogP contribution in [0.5, 0.6) is 0 Å². The maximum atomic E-state index is 13.3. The molecule has 1 nitrogen and oxygen atoms in total. The summed E-state index contributed by atoms with van der Waals surface area (Å²) in [6, 6.07) is 7.41. The standard InChI is InChI=1S/C12H18FNS/c1-3-10(14-4-2)9-15-12-8-6-5-7-11(12)13/h5-8,10,14H,3-4,9H2,1-2H3. The zero-order valence-electron chi connectivity index (χ0n) is 9.29. The van der Waals surface area contributed by atoms with Gasteiger partial charge in [0.15, 0.2) is 0 Å². The highest BCUT2D eigenvalue weighted by Crippen LogP contribution is 2.22. The molecule has 0 spiro atoms. The molecular weight excluding hydrogens is 209 g/mol. The van der Waals surface area contributed by atoms with Crippen LogP contribution in [0.3, 0.4) is 0 Å². The molecule has 0 aliphatic heterocycles. The molecule has 0 saturated heterocycles. The van der Waals surface area contributed by atoms with Crippen LogP contribution in [-0.4, -0.2) is 18.3 Å². The van der Waals surface area contributed by atoms with Gasteiger partial charge in [0.25, 0.3) is 0 Å². The summed E-state index contributed by atoms with van der Waals surface area (Å²) < 4.78 is 13.3. The third kappa shape index (κ3) is 4.22. The highest BCUT2D eigenvalue weighted by Gasteiger charge is 2.07. The number of thioether (sulfide) groups is 1. The average Bonchev–Trinajstić information content (AvgIpc) is 2.26. The molecular formula is C12H18FNS. The normalized spacial score (nSPS) is 12.7. The van der Waals surface area contributed by atoms with Gasteiger partial charge < -0.3 is 5.32 Å². The first-order chi connectivity index (χ1) is 7.27. The van der Waals surface area contributed by atoms with Gasteiger partial charge in [-0.2, -0.15) is 0 Å². The molecule has 3 heteroatoms. The summed E-state index contributed by atoms with van der Waals surface area (Å²) in [6.45, 7) is 5.21. The summed E-state index contributed by atoms with van der Waals surface area (Å²) in [7, 11) is 0. The fraction of sp³-hybridized carbons (Fsp3) is 0.500. The van der Waals surface area contributed by atoms with Gasteiger partial charge in [-0.05, 0) is 25.1 Å². The topological polar surface area (TPSA) is 12.0 Å².